The van der Waals surface area contributed by atoms with Crippen molar-refractivity contribution < 1.29 is 0 Å². The van der Waals surface area contributed by atoms with Crippen LogP contribution in [0.2, 0.25) is 0 Å². The summed E-state index contributed by atoms with van der Waals surface area (Å²) in [6.07, 6.45) is 4.80. The topological polar surface area (TPSA) is 58.3 Å². The molecule has 0 aliphatic carbocycles. The zero-order chi connectivity index (χ0) is 13.9. The fraction of sp³-hybridized carbons (Fsp3) is 0.429. The normalized spacial score (nSPS) is 17.1. The van der Waals surface area contributed by atoms with E-state index in [1.54, 1.807) is 6.20 Å². The SMILES string of the molecule is CN1CCCN(c2snc(N)c2-c2cccnc2)CC1. The Morgan fingerprint density at radius 2 is 2.15 bits per heavy atom. The molecule has 2 aromatic rings. The molecule has 2 N–H and O–H groups in total. The van der Waals surface area contributed by atoms with Crippen LogP contribution in [0.15, 0.2) is 24.5 Å². The van der Waals surface area contributed by atoms with Crippen molar-refractivity contribution in [3.8, 4) is 11.1 Å². The van der Waals surface area contributed by atoms with Crippen molar-refractivity contribution in [3.05, 3.63) is 24.5 Å². The molecule has 2 aromatic heterocycles. The largest absolute Gasteiger partial charge is 0.382 e. The molecule has 5 nitrogen and oxygen atoms in total. The lowest BCUT2D eigenvalue weighted by Gasteiger charge is -2.22. The molecule has 6 heteroatoms. The van der Waals surface area contributed by atoms with Crippen LogP contribution in [0, 0.1) is 0 Å². The molecule has 1 saturated heterocycles. The van der Waals surface area contributed by atoms with Gasteiger partial charge in [-0.1, -0.05) is 6.07 Å². The van der Waals surface area contributed by atoms with Gasteiger partial charge in [-0.25, -0.2) is 0 Å². The second-order valence-corrected chi connectivity index (χ2v) is 5.89. The van der Waals surface area contributed by atoms with E-state index < -0.39 is 0 Å². The zero-order valence-corrected chi connectivity index (χ0v) is 12.4. The summed E-state index contributed by atoms with van der Waals surface area (Å²) in [6, 6.07) is 3.98. The second kappa shape index (κ2) is 5.76. The molecule has 0 unspecified atom stereocenters. The Labute approximate surface area is 123 Å². The number of rotatable bonds is 2. The van der Waals surface area contributed by atoms with E-state index in [0.717, 1.165) is 37.3 Å². The first kappa shape index (κ1) is 13.3. The van der Waals surface area contributed by atoms with E-state index in [1.807, 2.05) is 18.3 Å². The highest BCUT2D eigenvalue weighted by Gasteiger charge is 2.21. The van der Waals surface area contributed by atoms with Gasteiger partial charge in [-0.05, 0) is 37.6 Å². The zero-order valence-electron chi connectivity index (χ0n) is 11.6. The number of likely N-dealkylation sites (N-methyl/N-ethyl adjacent to an activating group) is 1. The minimum Gasteiger partial charge on any atom is -0.382 e. The lowest BCUT2D eigenvalue weighted by molar-refractivity contribution is 0.360. The van der Waals surface area contributed by atoms with Crippen LogP contribution in [0.5, 0.6) is 0 Å². The lowest BCUT2D eigenvalue weighted by Crippen LogP contribution is -2.28. The third-order valence-electron chi connectivity index (χ3n) is 3.66. The summed E-state index contributed by atoms with van der Waals surface area (Å²) in [5, 5.41) is 1.17. The van der Waals surface area contributed by atoms with Crippen molar-refractivity contribution in [2.24, 2.45) is 0 Å². The standard InChI is InChI=1S/C14H19N5S/c1-18-6-3-7-19(9-8-18)14-12(13(15)17-20-14)11-4-2-5-16-10-11/h2,4-5,10H,3,6-9H2,1H3,(H2,15,17). The molecular weight excluding hydrogens is 270 g/mol. The number of nitrogens with zero attached hydrogens (tertiary/aromatic N) is 4. The lowest BCUT2D eigenvalue weighted by atomic mass is 10.1. The van der Waals surface area contributed by atoms with Gasteiger partial charge in [0.25, 0.3) is 0 Å². The van der Waals surface area contributed by atoms with Crippen LogP contribution in [0.4, 0.5) is 10.8 Å². The van der Waals surface area contributed by atoms with Crippen LogP contribution in [-0.4, -0.2) is 47.5 Å². The van der Waals surface area contributed by atoms with E-state index in [4.69, 9.17) is 5.73 Å². The minimum absolute atomic E-state index is 0.607. The van der Waals surface area contributed by atoms with E-state index >= 15 is 0 Å². The molecule has 0 aromatic carbocycles. The maximum absolute atomic E-state index is 6.08. The van der Waals surface area contributed by atoms with E-state index in [2.05, 4.69) is 26.2 Å². The molecule has 0 amide bonds. The van der Waals surface area contributed by atoms with Gasteiger partial charge in [0.15, 0.2) is 0 Å². The average Bonchev–Trinajstić information content (AvgIpc) is 2.71. The van der Waals surface area contributed by atoms with Crippen molar-refractivity contribution in [2.45, 2.75) is 6.42 Å². The Hall–Kier alpha value is -1.66. The van der Waals surface area contributed by atoms with Crippen molar-refractivity contribution >= 4 is 22.4 Å². The first-order chi connectivity index (χ1) is 9.75. The molecule has 3 rings (SSSR count). The highest BCUT2D eigenvalue weighted by Crippen LogP contribution is 2.39. The Morgan fingerprint density at radius 3 is 2.95 bits per heavy atom. The Kier molecular flexibility index (Phi) is 3.84. The molecule has 1 fully saturated rings. The fourth-order valence-corrected chi connectivity index (χ4v) is 3.43. The van der Waals surface area contributed by atoms with Gasteiger partial charge >= 0.3 is 0 Å². The molecule has 0 bridgehead atoms. The summed E-state index contributed by atoms with van der Waals surface area (Å²) in [5.41, 5.74) is 8.16. The smallest absolute Gasteiger partial charge is 0.147 e. The summed E-state index contributed by atoms with van der Waals surface area (Å²) in [4.78, 5) is 8.96. The number of hydrogen-bond acceptors (Lipinski definition) is 6. The van der Waals surface area contributed by atoms with E-state index in [-0.39, 0.29) is 0 Å². The molecule has 1 aliphatic rings. The molecule has 106 valence electrons. The van der Waals surface area contributed by atoms with Crippen LogP contribution in [0.1, 0.15) is 6.42 Å². The van der Waals surface area contributed by atoms with Gasteiger partial charge < -0.3 is 15.5 Å². The van der Waals surface area contributed by atoms with Crippen molar-refractivity contribution in [1.82, 2.24) is 14.3 Å². The molecule has 0 spiro atoms. The van der Waals surface area contributed by atoms with Gasteiger partial charge in [-0.2, -0.15) is 4.37 Å². The molecule has 0 saturated carbocycles. The quantitative estimate of drug-likeness (QED) is 0.915. The van der Waals surface area contributed by atoms with E-state index in [0.29, 0.717) is 5.82 Å². The number of nitrogens with two attached hydrogens (primary N) is 1. The molecule has 20 heavy (non-hydrogen) atoms. The summed E-state index contributed by atoms with van der Waals surface area (Å²) >= 11 is 1.49. The van der Waals surface area contributed by atoms with Crippen LogP contribution in [0.25, 0.3) is 11.1 Å². The average molecular weight is 289 g/mol. The maximum atomic E-state index is 6.08. The number of anilines is 2. The van der Waals surface area contributed by atoms with Gasteiger partial charge in [0.2, 0.25) is 0 Å². The summed E-state index contributed by atoms with van der Waals surface area (Å²) in [6.45, 7) is 4.29. The van der Waals surface area contributed by atoms with Crippen LogP contribution < -0.4 is 10.6 Å². The van der Waals surface area contributed by atoms with E-state index in [1.165, 1.54) is 23.0 Å². The highest BCUT2D eigenvalue weighted by molar-refractivity contribution is 7.11. The Morgan fingerprint density at radius 1 is 1.25 bits per heavy atom. The summed E-state index contributed by atoms with van der Waals surface area (Å²) < 4.78 is 4.35. The second-order valence-electron chi connectivity index (χ2n) is 5.13. The monoisotopic (exact) mass is 289 g/mol. The van der Waals surface area contributed by atoms with Crippen molar-refractivity contribution in [1.29, 1.82) is 0 Å². The predicted octanol–water partition coefficient (Wildman–Crippen LogP) is 1.93. The van der Waals surface area contributed by atoms with E-state index in [9.17, 15) is 0 Å². The number of aromatic nitrogens is 2. The third kappa shape index (κ3) is 2.62. The first-order valence-corrected chi connectivity index (χ1v) is 7.62. The Bertz CT molecular complexity index is 568. The van der Waals surface area contributed by atoms with Gasteiger partial charge in [0, 0.05) is 37.6 Å². The van der Waals surface area contributed by atoms with Crippen LogP contribution in [-0.2, 0) is 0 Å². The van der Waals surface area contributed by atoms with Gasteiger partial charge in [-0.3, -0.25) is 4.98 Å². The third-order valence-corrected chi connectivity index (χ3v) is 4.58. The van der Waals surface area contributed by atoms with Gasteiger partial charge in [0.1, 0.15) is 10.8 Å². The van der Waals surface area contributed by atoms with Gasteiger partial charge in [0.05, 0.1) is 5.56 Å². The molecular formula is C14H19N5S. The van der Waals surface area contributed by atoms with Gasteiger partial charge in [-0.15, -0.1) is 0 Å². The molecule has 0 radical (unpaired) electrons. The van der Waals surface area contributed by atoms with Crippen molar-refractivity contribution in [3.63, 3.8) is 0 Å². The van der Waals surface area contributed by atoms with Crippen molar-refractivity contribution in [2.75, 3.05) is 43.9 Å². The fourth-order valence-electron chi connectivity index (χ4n) is 2.54. The van der Waals surface area contributed by atoms with Crippen LogP contribution in [0.3, 0.4) is 0 Å². The minimum atomic E-state index is 0.607. The maximum Gasteiger partial charge on any atom is 0.147 e. The number of pyridine rings is 1. The number of nitrogen functional groups attached to an aromatic ring is 1. The Balaban J connectivity index is 1.94. The first-order valence-electron chi connectivity index (χ1n) is 6.85. The number of hydrogen-bond donors (Lipinski definition) is 1. The summed E-state index contributed by atoms with van der Waals surface area (Å²) in [5.74, 6) is 0.607. The molecule has 3 heterocycles. The predicted molar refractivity (Wildman–Crippen MR) is 84.1 cm³/mol. The summed E-state index contributed by atoms with van der Waals surface area (Å²) in [7, 11) is 2.17. The highest BCUT2D eigenvalue weighted by atomic mass is 32.1. The molecule has 1 aliphatic heterocycles. The molecule has 0 atom stereocenters. The van der Waals surface area contributed by atoms with Crippen LogP contribution >= 0.6 is 11.5 Å².